The molecule has 1 rings (SSSR count). The van der Waals surface area contributed by atoms with Gasteiger partial charge in [-0.3, -0.25) is 0 Å². The summed E-state index contributed by atoms with van der Waals surface area (Å²) in [5.41, 5.74) is 0.598. The molecule has 1 fully saturated rings. The minimum atomic E-state index is 0.598. The van der Waals surface area contributed by atoms with Crippen molar-refractivity contribution in [3.63, 3.8) is 0 Å². The van der Waals surface area contributed by atoms with Gasteiger partial charge in [-0.1, -0.05) is 72.1 Å². The van der Waals surface area contributed by atoms with Crippen molar-refractivity contribution in [2.45, 2.75) is 91.4 Å². The van der Waals surface area contributed by atoms with Gasteiger partial charge in [0.15, 0.2) is 0 Å². The van der Waals surface area contributed by atoms with Crippen LogP contribution in [0.3, 0.4) is 0 Å². The molecular weight excluding hydrogens is 192 g/mol. The van der Waals surface area contributed by atoms with E-state index >= 15 is 0 Å². The van der Waals surface area contributed by atoms with Crippen LogP contribution in [0.25, 0.3) is 0 Å². The topological polar surface area (TPSA) is 0 Å². The first kappa shape index (κ1) is 14.1. The van der Waals surface area contributed by atoms with Crippen LogP contribution in [0.4, 0.5) is 0 Å². The molecule has 0 aromatic carbocycles. The summed E-state index contributed by atoms with van der Waals surface area (Å²) in [6, 6.07) is 0. The summed E-state index contributed by atoms with van der Waals surface area (Å²) < 4.78 is 0. The van der Waals surface area contributed by atoms with Crippen molar-refractivity contribution in [2.75, 3.05) is 0 Å². The first-order valence-corrected chi connectivity index (χ1v) is 7.67. The second-order valence-corrected chi connectivity index (χ2v) is 6.49. The lowest BCUT2D eigenvalue weighted by atomic mass is 9.71. The van der Waals surface area contributed by atoms with Gasteiger partial charge in [-0.2, -0.15) is 0 Å². The van der Waals surface area contributed by atoms with Crippen LogP contribution >= 0.6 is 0 Å². The van der Waals surface area contributed by atoms with Crippen LogP contribution in [-0.2, 0) is 0 Å². The van der Waals surface area contributed by atoms with Crippen LogP contribution in [-0.4, -0.2) is 0 Å². The molecule has 0 spiro atoms. The highest BCUT2D eigenvalue weighted by Crippen LogP contribution is 2.39. The van der Waals surface area contributed by atoms with Gasteiger partial charge in [0.25, 0.3) is 0 Å². The summed E-state index contributed by atoms with van der Waals surface area (Å²) in [6.45, 7) is 7.36. The third-order valence-electron chi connectivity index (χ3n) is 4.64. The Kier molecular flexibility index (Phi) is 6.46. The van der Waals surface area contributed by atoms with E-state index in [2.05, 4.69) is 20.8 Å². The Labute approximate surface area is 103 Å². The molecule has 0 N–H and O–H groups in total. The Bertz CT molecular complexity index is 159. The molecule has 0 aromatic rings. The smallest absolute Gasteiger partial charge is 0.0326 e. The average Bonchev–Trinajstić information content (AvgIpc) is 2.39. The SMILES string of the molecule is CCCCC(C)(C)C1CCCCCCCC1. The third kappa shape index (κ3) is 4.89. The maximum Gasteiger partial charge on any atom is -0.0326 e. The molecule has 0 bridgehead atoms. The van der Waals surface area contributed by atoms with Gasteiger partial charge < -0.3 is 0 Å². The van der Waals surface area contributed by atoms with Crippen LogP contribution in [0.15, 0.2) is 0 Å². The maximum absolute atomic E-state index is 2.52. The second kappa shape index (κ2) is 7.35. The number of unbranched alkanes of at least 4 members (excludes halogenated alkanes) is 1. The van der Waals surface area contributed by atoms with Gasteiger partial charge in [0.2, 0.25) is 0 Å². The van der Waals surface area contributed by atoms with E-state index in [0.29, 0.717) is 5.41 Å². The van der Waals surface area contributed by atoms with Crippen LogP contribution in [0.2, 0.25) is 0 Å². The fourth-order valence-electron chi connectivity index (χ4n) is 3.25. The molecule has 1 saturated carbocycles. The molecular formula is C16H32. The van der Waals surface area contributed by atoms with Crippen molar-refractivity contribution in [2.24, 2.45) is 11.3 Å². The summed E-state index contributed by atoms with van der Waals surface area (Å²) in [6.07, 6.45) is 16.1. The summed E-state index contributed by atoms with van der Waals surface area (Å²) in [5, 5.41) is 0. The normalized spacial score (nSPS) is 21.2. The Morgan fingerprint density at radius 1 is 0.875 bits per heavy atom. The van der Waals surface area contributed by atoms with Gasteiger partial charge in [0.1, 0.15) is 0 Å². The molecule has 0 radical (unpaired) electrons. The van der Waals surface area contributed by atoms with Crippen LogP contribution in [0, 0.1) is 11.3 Å². The van der Waals surface area contributed by atoms with E-state index in [1.165, 1.54) is 70.6 Å². The summed E-state index contributed by atoms with van der Waals surface area (Å²) in [4.78, 5) is 0. The first-order chi connectivity index (χ1) is 7.67. The lowest BCUT2D eigenvalue weighted by Gasteiger charge is -2.35. The van der Waals surface area contributed by atoms with E-state index in [0.717, 1.165) is 5.92 Å². The number of rotatable bonds is 4. The van der Waals surface area contributed by atoms with Gasteiger partial charge in [-0.05, 0) is 30.6 Å². The molecule has 1 aliphatic carbocycles. The molecule has 0 saturated heterocycles. The molecule has 0 nitrogen and oxygen atoms in total. The molecule has 16 heavy (non-hydrogen) atoms. The monoisotopic (exact) mass is 224 g/mol. The predicted molar refractivity (Wildman–Crippen MR) is 73.7 cm³/mol. The number of hydrogen-bond acceptors (Lipinski definition) is 0. The van der Waals surface area contributed by atoms with Crippen molar-refractivity contribution in [1.82, 2.24) is 0 Å². The highest BCUT2D eigenvalue weighted by atomic mass is 14.3. The Balaban J connectivity index is 2.45. The van der Waals surface area contributed by atoms with E-state index < -0.39 is 0 Å². The zero-order valence-corrected chi connectivity index (χ0v) is 11.9. The van der Waals surface area contributed by atoms with Crippen LogP contribution < -0.4 is 0 Å². The fraction of sp³-hybridized carbons (Fsp3) is 1.00. The van der Waals surface area contributed by atoms with E-state index in [1.807, 2.05) is 0 Å². The van der Waals surface area contributed by atoms with Crippen molar-refractivity contribution < 1.29 is 0 Å². The molecule has 0 unspecified atom stereocenters. The van der Waals surface area contributed by atoms with E-state index in [-0.39, 0.29) is 0 Å². The summed E-state index contributed by atoms with van der Waals surface area (Å²) >= 11 is 0. The molecule has 0 aromatic heterocycles. The molecule has 0 heterocycles. The average molecular weight is 224 g/mol. The first-order valence-electron chi connectivity index (χ1n) is 7.67. The molecule has 0 atom stereocenters. The van der Waals surface area contributed by atoms with Crippen molar-refractivity contribution in [1.29, 1.82) is 0 Å². The predicted octanol–water partition coefficient (Wildman–Crippen LogP) is 5.95. The van der Waals surface area contributed by atoms with E-state index in [1.54, 1.807) is 0 Å². The lowest BCUT2D eigenvalue weighted by Crippen LogP contribution is -2.24. The van der Waals surface area contributed by atoms with Crippen LogP contribution in [0.5, 0.6) is 0 Å². The van der Waals surface area contributed by atoms with Crippen LogP contribution in [0.1, 0.15) is 91.4 Å². The minimum absolute atomic E-state index is 0.598. The minimum Gasteiger partial charge on any atom is -0.0654 e. The standard InChI is InChI=1S/C16H32/c1-4-5-14-16(2,3)15-12-10-8-6-7-9-11-13-15/h15H,4-14H2,1-3H3. The van der Waals surface area contributed by atoms with E-state index in [9.17, 15) is 0 Å². The van der Waals surface area contributed by atoms with Gasteiger partial charge in [0.05, 0.1) is 0 Å². The summed E-state index contributed by atoms with van der Waals surface area (Å²) in [7, 11) is 0. The molecule has 0 aliphatic heterocycles. The molecule has 0 amide bonds. The Morgan fingerprint density at radius 2 is 1.38 bits per heavy atom. The maximum atomic E-state index is 2.52. The number of hydrogen-bond donors (Lipinski definition) is 0. The largest absolute Gasteiger partial charge is 0.0654 e. The molecule has 96 valence electrons. The Hall–Kier alpha value is 0. The van der Waals surface area contributed by atoms with Crippen molar-refractivity contribution in [3.05, 3.63) is 0 Å². The van der Waals surface area contributed by atoms with Crippen molar-refractivity contribution >= 4 is 0 Å². The zero-order valence-electron chi connectivity index (χ0n) is 11.9. The van der Waals surface area contributed by atoms with Crippen molar-refractivity contribution in [3.8, 4) is 0 Å². The highest BCUT2D eigenvalue weighted by molar-refractivity contribution is 4.79. The second-order valence-electron chi connectivity index (χ2n) is 6.49. The summed E-state index contributed by atoms with van der Waals surface area (Å²) in [5.74, 6) is 0.997. The van der Waals surface area contributed by atoms with Gasteiger partial charge >= 0.3 is 0 Å². The molecule has 0 heteroatoms. The third-order valence-corrected chi connectivity index (χ3v) is 4.64. The van der Waals surface area contributed by atoms with Gasteiger partial charge in [0, 0.05) is 0 Å². The zero-order chi connectivity index (χ0) is 11.9. The molecule has 1 aliphatic rings. The van der Waals surface area contributed by atoms with Gasteiger partial charge in [-0.25, -0.2) is 0 Å². The highest BCUT2D eigenvalue weighted by Gasteiger charge is 2.28. The fourth-order valence-corrected chi connectivity index (χ4v) is 3.25. The van der Waals surface area contributed by atoms with Gasteiger partial charge in [-0.15, -0.1) is 0 Å². The Morgan fingerprint density at radius 3 is 1.88 bits per heavy atom. The van der Waals surface area contributed by atoms with E-state index in [4.69, 9.17) is 0 Å². The quantitative estimate of drug-likeness (QED) is 0.553. The lowest BCUT2D eigenvalue weighted by molar-refractivity contribution is 0.162.